The Labute approximate surface area is 91.6 Å². The largest absolute Gasteiger partial charge is 0.389 e. The van der Waals surface area contributed by atoms with E-state index in [0.29, 0.717) is 25.3 Å². The molecule has 0 aromatic carbocycles. The Kier molecular flexibility index (Phi) is 3.61. The molecule has 2 saturated heterocycles. The average molecular weight is 214 g/mol. The molecule has 2 N–H and O–H groups in total. The van der Waals surface area contributed by atoms with E-state index in [9.17, 15) is 5.11 Å². The van der Waals surface area contributed by atoms with Gasteiger partial charge in [0, 0.05) is 12.1 Å². The molecule has 4 unspecified atom stereocenters. The second kappa shape index (κ2) is 4.78. The Bertz CT molecular complexity index is 213. The third-order valence-electron chi connectivity index (χ3n) is 3.71. The van der Waals surface area contributed by atoms with Crippen molar-refractivity contribution in [1.82, 2.24) is 10.2 Å². The molecule has 0 radical (unpaired) electrons. The first-order valence-electron chi connectivity index (χ1n) is 5.89. The molecule has 2 fully saturated rings. The number of hydrogen-bond donors (Lipinski definition) is 2. The minimum Gasteiger partial charge on any atom is -0.389 e. The molecule has 4 atom stereocenters. The van der Waals surface area contributed by atoms with Crippen LogP contribution < -0.4 is 5.32 Å². The van der Waals surface area contributed by atoms with Crippen LogP contribution >= 0.6 is 0 Å². The van der Waals surface area contributed by atoms with Crippen molar-refractivity contribution in [3.05, 3.63) is 0 Å². The van der Waals surface area contributed by atoms with Crippen molar-refractivity contribution in [2.45, 2.75) is 44.0 Å². The molecule has 88 valence electrons. The van der Waals surface area contributed by atoms with Crippen molar-refractivity contribution in [3.8, 4) is 0 Å². The van der Waals surface area contributed by atoms with Gasteiger partial charge in [0.2, 0.25) is 0 Å². The van der Waals surface area contributed by atoms with Crippen molar-refractivity contribution in [3.63, 3.8) is 0 Å². The highest BCUT2D eigenvalue weighted by molar-refractivity contribution is 4.88. The van der Waals surface area contributed by atoms with E-state index in [2.05, 4.69) is 24.2 Å². The molecule has 0 amide bonds. The van der Waals surface area contributed by atoms with Gasteiger partial charge in [-0.25, -0.2) is 0 Å². The van der Waals surface area contributed by atoms with Crippen LogP contribution in [0.1, 0.15) is 19.8 Å². The van der Waals surface area contributed by atoms with Crippen molar-refractivity contribution < 1.29 is 9.84 Å². The summed E-state index contributed by atoms with van der Waals surface area (Å²) in [5.41, 5.74) is 0. The quantitative estimate of drug-likeness (QED) is 0.669. The van der Waals surface area contributed by atoms with Crippen LogP contribution in [-0.4, -0.2) is 61.0 Å². The summed E-state index contributed by atoms with van der Waals surface area (Å²) in [6.07, 6.45) is 2.02. The first-order chi connectivity index (χ1) is 7.16. The lowest BCUT2D eigenvalue weighted by atomic mass is 9.98. The topological polar surface area (TPSA) is 44.7 Å². The number of aliphatic hydroxyl groups is 1. The van der Waals surface area contributed by atoms with Crippen molar-refractivity contribution >= 4 is 0 Å². The molecule has 0 aliphatic carbocycles. The third-order valence-corrected chi connectivity index (χ3v) is 3.71. The van der Waals surface area contributed by atoms with Gasteiger partial charge in [-0.1, -0.05) is 0 Å². The molecule has 0 aromatic rings. The smallest absolute Gasteiger partial charge is 0.0948 e. The molecule has 0 aromatic heterocycles. The minimum absolute atomic E-state index is 0.144. The Morgan fingerprint density at radius 1 is 1.40 bits per heavy atom. The number of nitrogens with zero attached hydrogens (tertiary/aromatic N) is 1. The lowest BCUT2D eigenvalue weighted by molar-refractivity contribution is 0.114. The van der Waals surface area contributed by atoms with Gasteiger partial charge < -0.3 is 20.1 Å². The van der Waals surface area contributed by atoms with Gasteiger partial charge in [0.1, 0.15) is 0 Å². The van der Waals surface area contributed by atoms with Gasteiger partial charge in [-0.2, -0.15) is 0 Å². The number of piperidine rings is 1. The van der Waals surface area contributed by atoms with Crippen LogP contribution in [0, 0.1) is 0 Å². The van der Waals surface area contributed by atoms with E-state index < -0.39 is 0 Å². The fourth-order valence-corrected chi connectivity index (χ4v) is 2.45. The number of nitrogens with one attached hydrogen (secondary N) is 1. The molecule has 4 heteroatoms. The lowest BCUT2D eigenvalue weighted by Crippen LogP contribution is -2.51. The summed E-state index contributed by atoms with van der Waals surface area (Å²) < 4.78 is 5.24. The molecule has 2 heterocycles. The first kappa shape index (κ1) is 11.3. The van der Waals surface area contributed by atoms with Gasteiger partial charge in [0.05, 0.1) is 25.4 Å². The molecular weight excluding hydrogens is 192 g/mol. The monoisotopic (exact) mass is 214 g/mol. The third kappa shape index (κ3) is 2.69. The van der Waals surface area contributed by atoms with Gasteiger partial charge >= 0.3 is 0 Å². The van der Waals surface area contributed by atoms with Crippen molar-refractivity contribution in [1.29, 1.82) is 0 Å². The highest BCUT2D eigenvalue weighted by atomic mass is 16.5. The Balaban J connectivity index is 1.80. The predicted octanol–water partition coefficient (Wildman–Crippen LogP) is -0.182. The molecule has 0 bridgehead atoms. The van der Waals surface area contributed by atoms with Crippen LogP contribution in [0.4, 0.5) is 0 Å². The average Bonchev–Trinajstić information content (AvgIpc) is 2.59. The Hall–Kier alpha value is -0.160. The zero-order valence-electron chi connectivity index (χ0n) is 9.65. The molecular formula is C11H22N2O2. The molecule has 2 rings (SSSR count). The number of aliphatic hydroxyl groups excluding tert-OH is 1. The van der Waals surface area contributed by atoms with Gasteiger partial charge in [-0.05, 0) is 33.4 Å². The SMILES string of the molecule is CC1CC(NC2COCC2O)CCN1C. The summed E-state index contributed by atoms with van der Waals surface area (Å²) in [4.78, 5) is 2.39. The fraction of sp³-hybridized carbons (Fsp3) is 1.00. The van der Waals surface area contributed by atoms with Crippen LogP contribution in [0.2, 0.25) is 0 Å². The molecule has 15 heavy (non-hydrogen) atoms. The summed E-state index contributed by atoms with van der Waals surface area (Å²) in [5, 5.41) is 13.2. The summed E-state index contributed by atoms with van der Waals surface area (Å²) in [5.74, 6) is 0. The van der Waals surface area contributed by atoms with Crippen LogP contribution in [0.5, 0.6) is 0 Å². The van der Waals surface area contributed by atoms with E-state index in [0.717, 1.165) is 6.54 Å². The number of rotatable bonds is 2. The number of ether oxygens (including phenoxy) is 1. The fourth-order valence-electron chi connectivity index (χ4n) is 2.45. The standard InChI is InChI=1S/C11H22N2O2/c1-8-5-9(3-4-13(8)2)12-10-6-15-7-11(10)14/h8-12,14H,3-7H2,1-2H3. The van der Waals surface area contributed by atoms with E-state index in [-0.39, 0.29) is 12.1 Å². The van der Waals surface area contributed by atoms with Crippen LogP contribution in [0.3, 0.4) is 0 Å². The maximum atomic E-state index is 9.64. The maximum absolute atomic E-state index is 9.64. The zero-order valence-corrected chi connectivity index (χ0v) is 9.65. The second-order valence-electron chi connectivity index (χ2n) is 4.93. The maximum Gasteiger partial charge on any atom is 0.0948 e. The molecule has 2 aliphatic heterocycles. The summed E-state index contributed by atoms with van der Waals surface area (Å²) in [6.45, 7) is 4.54. The van der Waals surface area contributed by atoms with Crippen molar-refractivity contribution in [2.75, 3.05) is 26.8 Å². The molecule has 0 saturated carbocycles. The highest BCUT2D eigenvalue weighted by Crippen LogP contribution is 2.17. The number of hydrogen-bond acceptors (Lipinski definition) is 4. The van der Waals surface area contributed by atoms with E-state index in [1.54, 1.807) is 0 Å². The molecule has 0 spiro atoms. The molecule has 2 aliphatic rings. The Morgan fingerprint density at radius 2 is 2.20 bits per heavy atom. The first-order valence-corrected chi connectivity index (χ1v) is 5.89. The highest BCUT2D eigenvalue weighted by Gasteiger charge is 2.30. The van der Waals surface area contributed by atoms with Crippen molar-refractivity contribution in [2.24, 2.45) is 0 Å². The van der Waals surface area contributed by atoms with Crippen LogP contribution in [0.25, 0.3) is 0 Å². The van der Waals surface area contributed by atoms with E-state index in [1.807, 2.05) is 0 Å². The van der Waals surface area contributed by atoms with E-state index in [1.165, 1.54) is 12.8 Å². The van der Waals surface area contributed by atoms with Gasteiger partial charge in [0.25, 0.3) is 0 Å². The normalized spacial score (nSPS) is 43.4. The van der Waals surface area contributed by atoms with Crippen LogP contribution in [0.15, 0.2) is 0 Å². The van der Waals surface area contributed by atoms with Gasteiger partial charge in [-0.3, -0.25) is 0 Å². The predicted molar refractivity (Wildman–Crippen MR) is 58.9 cm³/mol. The van der Waals surface area contributed by atoms with Gasteiger partial charge in [-0.15, -0.1) is 0 Å². The summed E-state index contributed by atoms with van der Waals surface area (Å²) >= 11 is 0. The molecule has 4 nitrogen and oxygen atoms in total. The van der Waals surface area contributed by atoms with Crippen LogP contribution in [-0.2, 0) is 4.74 Å². The lowest BCUT2D eigenvalue weighted by Gasteiger charge is -2.36. The second-order valence-corrected chi connectivity index (χ2v) is 4.93. The number of likely N-dealkylation sites (tertiary alicyclic amines) is 1. The zero-order chi connectivity index (χ0) is 10.8. The minimum atomic E-state index is -0.319. The van der Waals surface area contributed by atoms with E-state index in [4.69, 9.17) is 4.74 Å². The van der Waals surface area contributed by atoms with E-state index >= 15 is 0 Å². The van der Waals surface area contributed by atoms with Gasteiger partial charge in [0.15, 0.2) is 0 Å². The summed E-state index contributed by atoms with van der Waals surface area (Å²) in [6, 6.07) is 1.32. The summed E-state index contributed by atoms with van der Waals surface area (Å²) in [7, 11) is 2.18. The Morgan fingerprint density at radius 3 is 2.80 bits per heavy atom.